The molecule has 0 fully saturated rings. The predicted molar refractivity (Wildman–Crippen MR) is 166 cm³/mol. The third kappa shape index (κ3) is 4.98. The Labute approximate surface area is 244 Å². The number of cyclic esters (lactones) is 1. The lowest BCUT2D eigenvalue weighted by Crippen LogP contribution is -2.31. The molecule has 0 spiro atoms. The lowest BCUT2D eigenvalue weighted by atomic mass is 9.78. The van der Waals surface area contributed by atoms with Crippen LogP contribution in [0.15, 0.2) is 60.8 Å². The summed E-state index contributed by atoms with van der Waals surface area (Å²) in [6.07, 6.45) is 7.71. The molecule has 0 saturated heterocycles. The number of benzene rings is 2. The van der Waals surface area contributed by atoms with Gasteiger partial charge in [0.15, 0.2) is 11.3 Å². The second-order valence-electron chi connectivity index (χ2n) is 10.8. The van der Waals surface area contributed by atoms with Crippen molar-refractivity contribution in [2.45, 2.75) is 78.9 Å². The highest BCUT2D eigenvalue weighted by Gasteiger charge is 2.53. The minimum Gasteiger partial charge on any atom is -0.493 e. The van der Waals surface area contributed by atoms with Crippen LogP contribution in [-0.4, -0.2) is 35.2 Å². The Hall–Kier alpha value is -3.80. The monoisotopic (exact) mass is 553 g/mol. The Bertz CT molecular complexity index is 1520. The summed E-state index contributed by atoms with van der Waals surface area (Å²) in [4.78, 5) is 20.3. The number of carbonyl (C=O) groups excluding carboxylic acids is 1. The lowest BCUT2D eigenvalue weighted by molar-refractivity contribution is 0.0243. The van der Waals surface area contributed by atoms with E-state index in [2.05, 4.69) is 84.6 Å². The average molecular weight is 554 g/mol. The van der Waals surface area contributed by atoms with Crippen LogP contribution in [0.1, 0.15) is 92.7 Å². The topological polar surface area (TPSA) is 56.6 Å². The quantitative estimate of drug-likeness (QED) is 0.124. The molecule has 216 valence electrons. The molecule has 2 aromatic heterocycles. The second-order valence-corrected chi connectivity index (χ2v) is 10.8. The third-order valence-corrected chi connectivity index (χ3v) is 8.47. The molecular formula is C35H43N3O3. The molecule has 1 aliphatic rings. The molecule has 2 aromatic carbocycles. The third-order valence-electron chi connectivity index (χ3n) is 8.47. The van der Waals surface area contributed by atoms with Crippen molar-refractivity contribution in [1.29, 1.82) is 0 Å². The van der Waals surface area contributed by atoms with E-state index >= 15 is 0 Å². The van der Waals surface area contributed by atoms with Crippen molar-refractivity contribution in [2.24, 2.45) is 0 Å². The smallest absolute Gasteiger partial charge is 0.358 e. The fourth-order valence-electron chi connectivity index (χ4n) is 6.51. The van der Waals surface area contributed by atoms with Crippen LogP contribution in [0.2, 0.25) is 0 Å². The van der Waals surface area contributed by atoms with Crippen LogP contribution < -0.4 is 9.64 Å². The van der Waals surface area contributed by atoms with Gasteiger partial charge in [-0.15, -0.1) is 0 Å². The molecule has 1 unspecified atom stereocenters. The Balaban J connectivity index is 1.78. The summed E-state index contributed by atoms with van der Waals surface area (Å²) in [6.45, 7) is 13.9. The number of hydrogen-bond donors (Lipinski definition) is 0. The van der Waals surface area contributed by atoms with Gasteiger partial charge >= 0.3 is 5.97 Å². The van der Waals surface area contributed by atoms with Gasteiger partial charge in [-0.2, -0.15) is 0 Å². The Morgan fingerprint density at radius 3 is 2.46 bits per heavy atom. The number of anilines is 1. The zero-order valence-electron chi connectivity index (χ0n) is 25.2. The summed E-state index contributed by atoms with van der Waals surface area (Å²) in [6, 6.07) is 18.7. The maximum absolute atomic E-state index is 13.6. The number of fused-ring (bicyclic) bond motifs is 2. The largest absolute Gasteiger partial charge is 0.493 e. The highest BCUT2D eigenvalue weighted by molar-refractivity contribution is 5.97. The summed E-state index contributed by atoms with van der Waals surface area (Å²) in [5, 5.41) is 1.08. The summed E-state index contributed by atoms with van der Waals surface area (Å²) in [5.41, 5.74) is 5.07. The van der Waals surface area contributed by atoms with E-state index in [0.29, 0.717) is 12.3 Å². The fourth-order valence-corrected chi connectivity index (χ4v) is 6.51. The van der Waals surface area contributed by atoms with Gasteiger partial charge in [-0.3, -0.25) is 0 Å². The maximum atomic E-state index is 13.6. The van der Waals surface area contributed by atoms with Crippen molar-refractivity contribution < 1.29 is 14.3 Å². The fraction of sp³-hybridized carbons (Fsp3) is 0.429. The molecule has 41 heavy (non-hydrogen) atoms. The molecule has 3 heterocycles. The predicted octanol–water partition coefficient (Wildman–Crippen LogP) is 8.02. The minimum absolute atomic E-state index is 0.360. The van der Waals surface area contributed by atoms with E-state index < -0.39 is 11.6 Å². The number of carbonyl (C=O) groups is 1. The molecule has 0 saturated carbocycles. The number of aromatic nitrogens is 2. The molecular weight excluding hydrogens is 510 g/mol. The molecule has 0 N–H and O–H groups in total. The van der Waals surface area contributed by atoms with E-state index in [-0.39, 0.29) is 0 Å². The van der Waals surface area contributed by atoms with Crippen molar-refractivity contribution in [3.63, 3.8) is 0 Å². The van der Waals surface area contributed by atoms with E-state index in [1.165, 1.54) is 25.7 Å². The number of hydrogen-bond acceptors (Lipinski definition) is 5. The minimum atomic E-state index is -1.19. The van der Waals surface area contributed by atoms with E-state index in [1.807, 2.05) is 19.1 Å². The number of esters is 1. The van der Waals surface area contributed by atoms with E-state index in [4.69, 9.17) is 9.47 Å². The molecule has 4 aromatic rings. The van der Waals surface area contributed by atoms with E-state index in [0.717, 1.165) is 70.8 Å². The van der Waals surface area contributed by atoms with Crippen molar-refractivity contribution in [3.05, 3.63) is 88.9 Å². The van der Waals surface area contributed by atoms with Gasteiger partial charge in [0.1, 0.15) is 5.75 Å². The van der Waals surface area contributed by atoms with Gasteiger partial charge < -0.3 is 18.9 Å². The number of rotatable bonds is 13. The Kier molecular flexibility index (Phi) is 8.67. The van der Waals surface area contributed by atoms with Crippen molar-refractivity contribution in [2.75, 3.05) is 24.6 Å². The number of ether oxygens (including phenoxy) is 2. The first-order chi connectivity index (χ1) is 20.0. The number of nitrogens with zero attached hydrogens (tertiary/aromatic N) is 3. The number of aryl methyl sites for hydroxylation is 1. The molecule has 0 aliphatic carbocycles. The Morgan fingerprint density at radius 2 is 1.71 bits per heavy atom. The van der Waals surface area contributed by atoms with Gasteiger partial charge in [0.25, 0.3) is 0 Å². The highest BCUT2D eigenvalue weighted by Crippen LogP contribution is 2.53. The first-order valence-electron chi connectivity index (χ1n) is 15.3. The van der Waals surface area contributed by atoms with Crippen LogP contribution >= 0.6 is 0 Å². The molecule has 0 radical (unpaired) electrons. The second kappa shape index (κ2) is 12.4. The summed E-state index contributed by atoms with van der Waals surface area (Å²) >= 11 is 0. The zero-order valence-corrected chi connectivity index (χ0v) is 25.2. The highest BCUT2D eigenvalue weighted by atomic mass is 16.6. The standard InChI is InChI=1S/C35H43N3O3/c1-6-10-11-12-15-23-38-25(5)32(27-17-13-14-19-30(27)38)35(29-18-16-22-36-33(29)34(39)41-35)28-21-20-26(37(7-2)8-3)24-31(28)40-9-4/h13-14,16-22,24H,6-12,15,23H2,1-5H3. The SMILES string of the molecule is CCCCCCCn1c(C)c(C2(c3ccc(N(CC)CC)cc3OCC)OC(=O)c3ncccc32)c2ccccc21. The molecule has 1 atom stereocenters. The number of pyridine rings is 1. The van der Waals surface area contributed by atoms with Gasteiger partial charge in [-0.1, -0.05) is 56.9 Å². The molecule has 0 amide bonds. The van der Waals surface area contributed by atoms with Crippen molar-refractivity contribution in [3.8, 4) is 5.75 Å². The van der Waals surface area contributed by atoms with Gasteiger partial charge in [0.2, 0.25) is 0 Å². The van der Waals surface area contributed by atoms with Crippen LogP contribution in [0.25, 0.3) is 10.9 Å². The van der Waals surface area contributed by atoms with Gasteiger partial charge in [-0.05, 0) is 58.4 Å². The van der Waals surface area contributed by atoms with Crippen LogP contribution in [0.5, 0.6) is 5.75 Å². The molecule has 6 nitrogen and oxygen atoms in total. The van der Waals surface area contributed by atoms with Crippen LogP contribution in [0.4, 0.5) is 5.69 Å². The summed E-state index contributed by atoms with van der Waals surface area (Å²) < 4.78 is 15.3. The van der Waals surface area contributed by atoms with E-state index in [9.17, 15) is 4.79 Å². The first-order valence-corrected chi connectivity index (χ1v) is 15.3. The summed E-state index contributed by atoms with van der Waals surface area (Å²) in [5.74, 6) is 0.309. The average Bonchev–Trinajstić information content (AvgIpc) is 3.45. The first kappa shape index (κ1) is 28.7. The van der Waals surface area contributed by atoms with Crippen LogP contribution in [0.3, 0.4) is 0 Å². The molecule has 5 rings (SSSR count). The maximum Gasteiger partial charge on any atom is 0.358 e. The van der Waals surface area contributed by atoms with Gasteiger partial charge in [0.05, 0.1) is 6.61 Å². The molecule has 6 heteroatoms. The normalized spacial score (nSPS) is 16.2. The summed E-state index contributed by atoms with van der Waals surface area (Å²) in [7, 11) is 0. The van der Waals surface area contributed by atoms with Crippen molar-refractivity contribution >= 4 is 22.6 Å². The lowest BCUT2D eigenvalue weighted by Gasteiger charge is -2.33. The zero-order chi connectivity index (χ0) is 29.0. The molecule has 1 aliphatic heterocycles. The van der Waals surface area contributed by atoms with Gasteiger partial charge in [-0.25, -0.2) is 9.78 Å². The number of unbranched alkanes of at least 4 members (excludes halogenated alkanes) is 4. The van der Waals surface area contributed by atoms with E-state index in [1.54, 1.807) is 6.20 Å². The van der Waals surface area contributed by atoms with Crippen molar-refractivity contribution in [1.82, 2.24) is 9.55 Å². The van der Waals surface area contributed by atoms with Crippen LogP contribution in [-0.2, 0) is 16.9 Å². The number of para-hydroxylation sites is 1. The molecule has 0 bridgehead atoms. The van der Waals surface area contributed by atoms with Gasteiger partial charge in [0, 0.05) is 70.9 Å². The Morgan fingerprint density at radius 1 is 0.927 bits per heavy atom. The van der Waals surface area contributed by atoms with Crippen LogP contribution in [0, 0.1) is 6.92 Å².